The monoisotopic (exact) mass is 135 g/mol. The van der Waals surface area contributed by atoms with Gasteiger partial charge in [-0.2, -0.15) is 0 Å². The van der Waals surface area contributed by atoms with Crippen molar-refractivity contribution in [3.63, 3.8) is 0 Å². The number of hydrogen-bond acceptors (Lipinski definition) is 5. The number of nitrogens with one attached hydrogen (secondary N) is 1. The SMILES string of the molecule is OC1(O)CNCC1(O)O. The van der Waals surface area contributed by atoms with Gasteiger partial charge in [-0.05, 0) is 0 Å². The molecule has 1 saturated heterocycles. The molecule has 1 aliphatic heterocycles. The molecular formula is C4H9NO4. The molecule has 5 heteroatoms. The molecule has 0 bridgehead atoms. The summed E-state index contributed by atoms with van der Waals surface area (Å²) in [5, 5.41) is 37.3. The van der Waals surface area contributed by atoms with Crippen molar-refractivity contribution in [3.8, 4) is 0 Å². The summed E-state index contributed by atoms with van der Waals surface area (Å²) in [5.41, 5.74) is 0. The van der Waals surface area contributed by atoms with Crippen LogP contribution in [-0.2, 0) is 0 Å². The second kappa shape index (κ2) is 1.65. The molecule has 1 aliphatic rings. The van der Waals surface area contributed by atoms with Crippen LogP contribution in [0.4, 0.5) is 0 Å². The molecule has 0 unspecified atom stereocenters. The van der Waals surface area contributed by atoms with Gasteiger partial charge in [0.05, 0.1) is 13.1 Å². The van der Waals surface area contributed by atoms with Crippen LogP contribution < -0.4 is 5.32 Å². The van der Waals surface area contributed by atoms with Crippen molar-refractivity contribution in [1.29, 1.82) is 0 Å². The van der Waals surface area contributed by atoms with Crippen molar-refractivity contribution < 1.29 is 20.4 Å². The third kappa shape index (κ3) is 0.930. The minimum absolute atomic E-state index is 0.222. The maximum absolute atomic E-state index is 8.72. The predicted molar refractivity (Wildman–Crippen MR) is 27.2 cm³/mol. The molecule has 0 spiro atoms. The van der Waals surface area contributed by atoms with Gasteiger partial charge in [-0.1, -0.05) is 0 Å². The molecule has 1 rings (SSSR count). The number of β-amino-alcohol motifs (C(OH)–C–C–N with tert-alkyl or cyclic N) is 4. The van der Waals surface area contributed by atoms with Gasteiger partial charge >= 0.3 is 0 Å². The normalized spacial score (nSPS) is 30.7. The second-order valence-electron chi connectivity index (χ2n) is 2.24. The Morgan fingerprint density at radius 2 is 1.22 bits per heavy atom. The number of aliphatic hydroxyl groups is 4. The smallest absolute Gasteiger partial charge is 0.232 e. The van der Waals surface area contributed by atoms with E-state index in [2.05, 4.69) is 5.32 Å². The first-order chi connectivity index (χ1) is 3.96. The Kier molecular flexibility index (Phi) is 1.26. The molecule has 5 nitrogen and oxygen atoms in total. The van der Waals surface area contributed by atoms with Gasteiger partial charge in [-0.3, -0.25) is 0 Å². The minimum atomic E-state index is -2.41. The van der Waals surface area contributed by atoms with Crippen LogP contribution in [0, 0.1) is 0 Å². The average molecular weight is 135 g/mol. The van der Waals surface area contributed by atoms with Gasteiger partial charge in [0.2, 0.25) is 11.6 Å². The van der Waals surface area contributed by atoms with E-state index in [0.29, 0.717) is 0 Å². The van der Waals surface area contributed by atoms with Gasteiger partial charge in [0, 0.05) is 0 Å². The van der Waals surface area contributed by atoms with E-state index in [0.717, 1.165) is 0 Å². The lowest BCUT2D eigenvalue weighted by molar-refractivity contribution is -0.328. The molecular weight excluding hydrogens is 126 g/mol. The fourth-order valence-electron chi connectivity index (χ4n) is 0.694. The fraction of sp³-hybridized carbons (Fsp3) is 1.00. The van der Waals surface area contributed by atoms with Gasteiger partial charge in [-0.25, -0.2) is 0 Å². The first-order valence-electron chi connectivity index (χ1n) is 2.56. The van der Waals surface area contributed by atoms with Crippen molar-refractivity contribution in [2.45, 2.75) is 11.6 Å². The third-order valence-electron chi connectivity index (χ3n) is 1.38. The van der Waals surface area contributed by atoms with Crippen LogP contribution in [0.3, 0.4) is 0 Å². The molecule has 0 aliphatic carbocycles. The molecule has 54 valence electrons. The van der Waals surface area contributed by atoms with Crippen molar-refractivity contribution >= 4 is 0 Å². The van der Waals surface area contributed by atoms with Crippen molar-refractivity contribution in [2.24, 2.45) is 0 Å². The van der Waals surface area contributed by atoms with E-state index in [9.17, 15) is 0 Å². The Morgan fingerprint density at radius 3 is 1.33 bits per heavy atom. The van der Waals surface area contributed by atoms with Crippen molar-refractivity contribution in [1.82, 2.24) is 5.32 Å². The standard InChI is InChI=1S/C4H9NO4/c6-3(7)1-5-2-4(3,8)9/h5-9H,1-2H2. The summed E-state index contributed by atoms with van der Waals surface area (Å²) in [5.74, 6) is -4.82. The highest BCUT2D eigenvalue weighted by molar-refractivity contribution is 4.92. The lowest BCUT2D eigenvalue weighted by Gasteiger charge is -2.25. The van der Waals surface area contributed by atoms with Crippen LogP contribution in [0.15, 0.2) is 0 Å². The minimum Gasteiger partial charge on any atom is -0.360 e. The van der Waals surface area contributed by atoms with Gasteiger partial charge < -0.3 is 25.7 Å². The van der Waals surface area contributed by atoms with Gasteiger partial charge in [0.1, 0.15) is 0 Å². The molecule has 1 fully saturated rings. The van der Waals surface area contributed by atoms with Crippen LogP contribution in [0.1, 0.15) is 0 Å². The van der Waals surface area contributed by atoms with E-state index in [1.807, 2.05) is 0 Å². The zero-order chi connectivity index (χ0) is 7.12. The molecule has 1 heterocycles. The topological polar surface area (TPSA) is 93.0 Å². The fourth-order valence-corrected chi connectivity index (χ4v) is 0.694. The van der Waals surface area contributed by atoms with E-state index in [-0.39, 0.29) is 13.1 Å². The zero-order valence-electron chi connectivity index (χ0n) is 4.70. The Bertz CT molecular complexity index is 108. The van der Waals surface area contributed by atoms with Crippen molar-refractivity contribution in [2.75, 3.05) is 13.1 Å². The van der Waals surface area contributed by atoms with Gasteiger partial charge in [0.15, 0.2) is 0 Å². The van der Waals surface area contributed by atoms with E-state index >= 15 is 0 Å². The van der Waals surface area contributed by atoms with Crippen LogP contribution in [0.5, 0.6) is 0 Å². The average Bonchev–Trinajstić information content (AvgIpc) is 1.81. The highest BCUT2D eigenvalue weighted by atomic mass is 16.6. The van der Waals surface area contributed by atoms with Gasteiger partial charge in [0.25, 0.3) is 0 Å². The number of hydrogen-bond donors (Lipinski definition) is 5. The molecule has 5 N–H and O–H groups in total. The lowest BCUT2D eigenvalue weighted by Crippen LogP contribution is -2.53. The van der Waals surface area contributed by atoms with Crippen LogP contribution in [-0.4, -0.2) is 45.1 Å². The van der Waals surface area contributed by atoms with Crippen LogP contribution in [0.25, 0.3) is 0 Å². The highest BCUT2D eigenvalue weighted by Gasteiger charge is 2.51. The summed E-state index contributed by atoms with van der Waals surface area (Å²) in [7, 11) is 0. The Labute approximate surface area is 51.6 Å². The molecule has 0 aromatic carbocycles. The van der Waals surface area contributed by atoms with E-state index in [4.69, 9.17) is 20.4 Å². The zero-order valence-corrected chi connectivity index (χ0v) is 4.70. The predicted octanol–water partition coefficient (Wildman–Crippen LogP) is -3.05. The van der Waals surface area contributed by atoms with Crippen molar-refractivity contribution in [3.05, 3.63) is 0 Å². The summed E-state index contributed by atoms with van der Waals surface area (Å²) in [6.45, 7) is -0.444. The summed E-state index contributed by atoms with van der Waals surface area (Å²) in [6.07, 6.45) is 0. The van der Waals surface area contributed by atoms with E-state index in [1.54, 1.807) is 0 Å². The molecule has 0 aromatic heterocycles. The summed E-state index contributed by atoms with van der Waals surface area (Å²) in [4.78, 5) is 0. The summed E-state index contributed by atoms with van der Waals surface area (Å²) in [6, 6.07) is 0. The maximum Gasteiger partial charge on any atom is 0.232 e. The Hall–Kier alpha value is -0.200. The number of rotatable bonds is 0. The molecule has 0 aromatic rings. The molecule has 0 atom stereocenters. The lowest BCUT2D eigenvalue weighted by atomic mass is 10.1. The highest BCUT2D eigenvalue weighted by Crippen LogP contribution is 2.19. The quantitative estimate of drug-likeness (QED) is 0.228. The molecule has 0 saturated carbocycles. The molecule has 9 heavy (non-hydrogen) atoms. The van der Waals surface area contributed by atoms with E-state index in [1.165, 1.54) is 0 Å². The Balaban J connectivity index is 2.75. The first-order valence-corrected chi connectivity index (χ1v) is 2.56. The van der Waals surface area contributed by atoms with Gasteiger partial charge in [-0.15, -0.1) is 0 Å². The Morgan fingerprint density at radius 1 is 0.889 bits per heavy atom. The molecule has 0 radical (unpaired) electrons. The summed E-state index contributed by atoms with van der Waals surface area (Å²) >= 11 is 0. The van der Waals surface area contributed by atoms with Crippen LogP contribution >= 0.6 is 0 Å². The summed E-state index contributed by atoms with van der Waals surface area (Å²) < 4.78 is 0. The van der Waals surface area contributed by atoms with Crippen LogP contribution in [0.2, 0.25) is 0 Å². The molecule has 0 amide bonds. The maximum atomic E-state index is 8.72. The third-order valence-corrected chi connectivity index (χ3v) is 1.38. The van der Waals surface area contributed by atoms with E-state index < -0.39 is 11.6 Å². The first kappa shape index (κ1) is 6.91. The largest absolute Gasteiger partial charge is 0.360 e. The second-order valence-corrected chi connectivity index (χ2v) is 2.24.